The van der Waals surface area contributed by atoms with E-state index in [1.807, 2.05) is 0 Å². The third-order valence-corrected chi connectivity index (χ3v) is 2.18. The molecule has 13 heavy (non-hydrogen) atoms. The topological polar surface area (TPSA) is 48.1 Å². The summed E-state index contributed by atoms with van der Waals surface area (Å²) in [5, 5.41) is 14.3. The predicted octanol–water partition coefficient (Wildman–Crippen LogP) is 0.635. The van der Waals surface area contributed by atoms with Crippen LogP contribution in [0.15, 0.2) is 18.5 Å². The molecule has 1 N–H and O–H groups in total. The number of piperazine rings is 1. The summed E-state index contributed by atoms with van der Waals surface area (Å²) in [7, 11) is 0. The second-order valence-electron chi connectivity index (χ2n) is 3.12. The summed E-state index contributed by atoms with van der Waals surface area (Å²) in [5.74, 6) is -0.0176. The van der Waals surface area contributed by atoms with E-state index in [1.54, 1.807) is 12.3 Å². The van der Waals surface area contributed by atoms with Gasteiger partial charge in [0.15, 0.2) is 5.75 Å². The van der Waals surface area contributed by atoms with Gasteiger partial charge in [-0.25, -0.2) is 0 Å². The molecule has 1 saturated heterocycles. The van der Waals surface area contributed by atoms with Gasteiger partial charge in [-0.2, -0.15) is 0 Å². The molecule has 0 spiro atoms. The molecule has 2 heterocycles. The number of hydrogen-bond acceptors (Lipinski definition) is 3. The lowest BCUT2D eigenvalue weighted by atomic mass is 10.3. The predicted molar refractivity (Wildman–Crippen MR) is 49.5 cm³/mol. The average molecular weight is 178 g/mol. The summed E-state index contributed by atoms with van der Waals surface area (Å²) in [6.45, 7) is 3.85. The first-order valence-electron chi connectivity index (χ1n) is 4.44. The van der Waals surface area contributed by atoms with Crippen LogP contribution in [0.3, 0.4) is 0 Å². The molecule has 0 bridgehead atoms. The number of nitrogens with one attached hydrogen (secondary N) is 1. The van der Waals surface area contributed by atoms with Crippen LogP contribution in [0.5, 0.6) is 5.75 Å². The summed E-state index contributed by atoms with van der Waals surface area (Å²) < 4.78 is 0. The first kappa shape index (κ1) is 8.31. The highest BCUT2D eigenvalue weighted by Gasteiger charge is 2.10. The van der Waals surface area contributed by atoms with Gasteiger partial charge in [0.1, 0.15) is 0 Å². The third-order valence-electron chi connectivity index (χ3n) is 2.18. The van der Waals surface area contributed by atoms with Gasteiger partial charge in [-0.15, -0.1) is 0 Å². The molecule has 0 aromatic carbocycles. The summed E-state index contributed by atoms with van der Waals surface area (Å²) in [6.07, 6.45) is 3.08. The molecule has 69 valence electrons. The van der Waals surface area contributed by atoms with Crippen LogP contribution in [0.4, 0.5) is 5.69 Å². The molecule has 1 aliphatic rings. The van der Waals surface area contributed by atoms with Crippen molar-refractivity contribution in [1.82, 2.24) is 10.3 Å². The molecule has 0 atom stereocenters. The smallest absolute Gasteiger partial charge is 0.198 e. The second kappa shape index (κ2) is 3.62. The molecule has 2 rings (SSSR count). The van der Waals surface area contributed by atoms with Gasteiger partial charge in [-0.05, 0) is 0 Å². The van der Waals surface area contributed by atoms with Gasteiger partial charge < -0.3 is 10.2 Å². The number of nitrogens with zero attached hydrogens (tertiary/aromatic N) is 2. The molecular formula is C9H12N3O. The van der Waals surface area contributed by atoms with Crippen molar-refractivity contribution < 1.29 is 5.11 Å². The van der Waals surface area contributed by atoms with E-state index in [0.717, 1.165) is 31.9 Å². The maximum Gasteiger partial charge on any atom is 0.198 e. The molecule has 1 fully saturated rings. The zero-order valence-electron chi connectivity index (χ0n) is 7.36. The minimum Gasteiger partial charge on any atom is -0.368 e. The van der Waals surface area contributed by atoms with Crippen molar-refractivity contribution in [1.29, 1.82) is 0 Å². The Bertz CT molecular complexity index is 284. The Hall–Kier alpha value is -1.29. The van der Waals surface area contributed by atoms with Crippen LogP contribution in [0.2, 0.25) is 0 Å². The fourth-order valence-corrected chi connectivity index (χ4v) is 1.50. The van der Waals surface area contributed by atoms with Gasteiger partial charge in [0.05, 0.1) is 18.1 Å². The van der Waals surface area contributed by atoms with Crippen molar-refractivity contribution in [2.45, 2.75) is 0 Å². The first-order chi connectivity index (χ1) is 6.36. The van der Waals surface area contributed by atoms with Crippen LogP contribution >= 0.6 is 0 Å². The minimum absolute atomic E-state index is 0.0176. The van der Waals surface area contributed by atoms with Gasteiger partial charge >= 0.3 is 0 Å². The van der Waals surface area contributed by atoms with Crippen molar-refractivity contribution in [3.8, 4) is 5.75 Å². The van der Waals surface area contributed by atoms with Crippen molar-refractivity contribution in [2.24, 2.45) is 0 Å². The number of rotatable bonds is 1. The Morgan fingerprint density at radius 3 is 2.77 bits per heavy atom. The largest absolute Gasteiger partial charge is 0.368 e. The second-order valence-corrected chi connectivity index (χ2v) is 3.12. The molecule has 0 unspecified atom stereocenters. The molecule has 4 nitrogen and oxygen atoms in total. The van der Waals surface area contributed by atoms with E-state index in [1.165, 1.54) is 6.20 Å². The normalized spacial score (nSPS) is 17.4. The zero-order chi connectivity index (χ0) is 9.10. The van der Waals surface area contributed by atoms with Crippen molar-refractivity contribution in [3.63, 3.8) is 0 Å². The van der Waals surface area contributed by atoms with E-state index in [-0.39, 0.29) is 5.75 Å². The minimum atomic E-state index is -0.0176. The molecule has 1 aromatic rings. The molecule has 4 heteroatoms. The molecule has 0 aliphatic carbocycles. The SMILES string of the molecule is [O]c1cncc(N2CCNCC2)c1. The Labute approximate surface area is 77.2 Å². The Balaban J connectivity index is 2.14. The van der Waals surface area contributed by atoms with Crippen LogP contribution in [-0.4, -0.2) is 31.2 Å². The molecular weight excluding hydrogens is 166 g/mol. The highest BCUT2D eigenvalue weighted by atomic mass is 16.3. The van der Waals surface area contributed by atoms with Crippen LogP contribution in [0.1, 0.15) is 0 Å². The standard InChI is InChI=1S/C9H12N3O/c13-9-5-8(6-11-7-9)12-3-1-10-2-4-12/h5-7,10H,1-4H2. The number of pyridine rings is 1. The van der Waals surface area contributed by atoms with Gasteiger partial charge in [0, 0.05) is 32.2 Å². The summed E-state index contributed by atoms with van der Waals surface area (Å²) in [6, 6.07) is 1.64. The van der Waals surface area contributed by atoms with E-state index >= 15 is 0 Å². The third kappa shape index (κ3) is 1.89. The Morgan fingerprint density at radius 1 is 1.31 bits per heavy atom. The van der Waals surface area contributed by atoms with Gasteiger partial charge in [0.2, 0.25) is 0 Å². The van der Waals surface area contributed by atoms with Crippen molar-refractivity contribution >= 4 is 5.69 Å². The van der Waals surface area contributed by atoms with Crippen molar-refractivity contribution in [3.05, 3.63) is 18.5 Å². The van der Waals surface area contributed by atoms with Crippen LogP contribution in [0.25, 0.3) is 0 Å². The fraction of sp³-hybridized carbons (Fsp3) is 0.444. The van der Waals surface area contributed by atoms with Crippen LogP contribution < -0.4 is 10.2 Å². The van der Waals surface area contributed by atoms with Gasteiger partial charge in [0.25, 0.3) is 0 Å². The Kier molecular flexibility index (Phi) is 2.31. The lowest BCUT2D eigenvalue weighted by Crippen LogP contribution is -2.43. The molecule has 0 saturated carbocycles. The lowest BCUT2D eigenvalue weighted by Gasteiger charge is -2.28. The highest BCUT2D eigenvalue weighted by Crippen LogP contribution is 2.18. The van der Waals surface area contributed by atoms with E-state index in [0.29, 0.717) is 0 Å². The van der Waals surface area contributed by atoms with Crippen LogP contribution in [0, 0.1) is 0 Å². The maximum absolute atomic E-state index is 11.0. The number of anilines is 1. The average Bonchev–Trinajstić information content (AvgIpc) is 2.19. The van der Waals surface area contributed by atoms with Gasteiger partial charge in [-0.1, -0.05) is 0 Å². The monoisotopic (exact) mass is 178 g/mol. The maximum atomic E-state index is 11.0. The van der Waals surface area contributed by atoms with Crippen LogP contribution in [-0.2, 0) is 5.11 Å². The van der Waals surface area contributed by atoms with E-state index in [2.05, 4.69) is 15.2 Å². The lowest BCUT2D eigenvalue weighted by molar-refractivity contribution is 0.353. The zero-order valence-corrected chi connectivity index (χ0v) is 7.36. The summed E-state index contributed by atoms with van der Waals surface area (Å²) in [4.78, 5) is 6.06. The van der Waals surface area contributed by atoms with Gasteiger partial charge in [-0.3, -0.25) is 10.1 Å². The fourth-order valence-electron chi connectivity index (χ4n) is 1.50. The van der Waals surface area contributed by atoms with E-state index in [4.69, 9.17) is 0 Å². The first-order valence-corrected chi connectivity index (χ1v) is 4.44. The summed E-state index contributed by atoms with van der Waals surface area (Å²) >= 11 is 0. The molecule has 0 amide bonds. The Morgan fingerprint density at radius 2 is 2.08 bits per heavy atom. The van der Waals surface area contributed by atoms with Crippen molar-refractivity contribution in [2.75, 3.05) is 31.1 Å². The van der Waals surface area contributed by atoms with E-state index < -0.39 is 0 Å². The molecule has 1 aliphatic heterocycles. The van der Waals surface area contributed by atoms with E-state index in [9.17, 15) is 5.11 Å². The number of aromatic nitrogens is 1. The number of hydrogen-bond donors (Lipinski definition) is 1. The summed E-state index contributed by atoms with van der Waals surface area (Å²) in [5.41, 5.74) is 0.939. The molecule has 1 radical (unpaired) electrons. The quantitative estimate of drug-likeness (QED) is 0.686. The highest BCUT2D eigenvalue weighted by molar-refractivity contribution is 5.47. The molecule has 1 aromatic heterocycles.